The smallest absolute Gasteiger partial charge is 0.416 e. The minimum absolute atomic E-state index is 0.0742. The zero-order valence-corrected chi connectivity index (χ0v) is 17.1. The summed E-state index contributed by atoms with van der Waals surface area (Å²) in [5.41, 5.74) is -2.24. The van der Waals surface area contributed by atoms with Crippen LogP contribution >= 0.6 is 11.6 Å². The second-order valence-electron chi connectivity index (χ2n) is 6.99. The quantitative estimate of drug-likeness (QED) is 0.388. The van der Waals surface area contributed by atoms with E-state index in [1.807, 2.05) is 0 Å². The van der Waals surface area contributed by atoms with E-state index in [4.69, 9.17) is 20.8 Å². The number of halogens is 4. The maximum absolute atomic E-state index is 13.2. The standard InChI is InChI=1S/C23H13ClF3NO4/c1-22(21(29)30,13-5-4-6-14(11-13)23(25,26)27)32-18-10-9-15(24)12-16(18)20-28-17-7-2-3-8-19(17)31-20/h2-8,11-12H,1H3,(H,29,30). The molecule has 0 saturated carbocycles. The van der Waals surface area contributed by atoms with Crippen molar-refractivity contribution in [3.8, 4) is 17.2 Å². The molecule has 1 N–H and O–H groups in total. The van der Waals surface area contributed by atoms with Crippen molar-refractivity contribution in [1.29, 1.82) is 0 Å². The van der Waals surface area contributed by atoms with Crippen molar-refractivity contribution in [2.75, 3.05) is 0 Å². The molecule has 1 aromatic heterocycles. The molecular weight excluding hydrogens is 447 g/mol. The van der Waals surface area contributed by atoms with Crippen molar-refractivity contribution in [2.24, 2.45) is 0 Å². The minimum atomic E-state index is -4.65. The molecule has 1 heterocycles. The summed E-state index contributed by atoms with van der Waals surface area (Å²) >= 11 is 6.03. The van der Waals surface area contributed by atoms with Crippen LogP contribution in [-0.2, 0) is 16.6 Å². The van der Waals surface area contributed by atoms with Crippen molar-refractivity contribution < 1.29 is 32.2 Å². The molecule has 0 radical (unpaired) electrons. The van der Waals surface area contributed by atoms with Crippen molar-refractivity contribution in [3.63, 3.8) is 0 Å². The van der Waals surface area contributed by atoms with Gasteiger partial charge in [-0.25, -0.2) is 9.78 Å². The van der Waals surface area contributed by atoms with Gasteiger partial charge in [0.05, 0.1) is 16.1 Å². The largest absolute Gasteiger partial charge is 0.478 e. The lowest BCUT2D eigenvalue weighted by Gasteiger charge is -2.27. The van der Waals surface area contributed by atoms with E-state index in [-0.39, 0.29) is 27.8 Å². The number of alkyl halides is 3. The number of rotatable bonds is 5. The lowest BCUT2D eigenvalue weighted by atomic mass is 9.93. The summed E-state index contributed by atoms with van der Waals surface area (Å²) in [4.78, 5) is 16.5. The molecule has 0 fully saturated rings. The maximum Gasteiger partial charge on any atom is 0.416 e. The highest BCUT2D eigenvalue weighted by Crippen LogP contribution is 2.38. The first-order valence-corrected chi connectivity index (χ1v) is 9.55. The van der Waals surface area contributed by atoms with E-state index in [0.29, 0.717) is 11.1 Å². The normalized spacial score (nSPS) is 13.4. The number of hydrogen-bond donors (Lipinski definition) is 1. The van der Waals surface area contributed by atoms with Crippen molar-refractivity contribution in [1.82, 2.24) is 4.98 Å². The van der Waals surface area contributed by atoms with Crippen molar-refractivity contribution in [2.45, 2.75) is 18.7 Å². The SMILES string of the molecule is CC(Oc1c#cc(Cl)cc1-c1nc2ccccc2o1)(C(=O)O)c1cccc(C(F)(F)F)c1. The molecule has 0 spiro atoms. The number of benzene rings is 2. The van der Waals surface area contributed by atoms with Crippen LogP contribution in [0.4, 0.5) is 13.2 Å². The highest BCUT2D eigenvalue weighted by molar-refractivity contribution is 6.30. The molecule has 0 aliphatic carbocycles. The first-order chi connectivity index (χ1) is 15.1. The molecule has 0 amide bonds. The number of aromatic nitrogens is 1. The van der Waals surface area contributed by atoms with E-state index in [9.17, 15) is 23.1 Å². The first kappa shape index (κ1) is 21.5. The Morgan fingerprint density at radius 1 is 1.09 bits per heavy atom. The average Bonchev–Trinajstić information content (AvgIpc) is 3.18. The number of carboxylic acid groups (broad SMARTS) is 1. The Bertz CT molecular complexity index is 1290. The molecule has 3 aromatic carbocycles. The van der Waals surface area contributed by atoms with Crippen LogP contribution in [-0.4, -0.2) is 16.1 Å². The lowest BCUT2D eigenvalue weighted by molar-refractivity contribution is -0.155. The zero-order valence-electron chi connectivity index (χ0n) is 16.3. The number of aliphatic carboxylic acids is 1. The van der Waals surface area contributed by atoms with Gasteiger partial charge in [-0.2, -0.15) is 13.2 Å². The highest BCUT2D eigenvalue weighted by Gasteiger charge is 2.41. The van der Waals surface area contributed by atoms with Crippen LogP contribution in [0.25, 0.3) is 22.6 Å². The number of carbonyl (C=O) groups is 1. The molecule has 1 unspecified atom stereocenters. The van der Waals surface area contributed by atoms with Gasteiger partial charge in [0.1, 0.15) is 5.52 Å². The minimum Gasteiger partial charge on any atom is -0.478 e. The summed E-state index contributed by atoms with van der Waals surface area (Å²) in [5.74, 6) is -1.59. The molecule has 9 heteroatoms. The first-order valence-electron chi connectivity index (χ1n) is 9.17. The number of nitrogens with zero attached hydrogens (tertiary/aromatic N) is 1. The summed E-state index contributed by atoms with van der Waals surface area (Å²) in [6.07, 6.45) is -4.65. The second-order valence-corrected chi connectivity index (χ2v) is 7.40. The van der Waals surface area contributed by atoms with Crippen LogP contribution in [0.1, 0.15) is 18.1 Å². The van der Waals surface area contributed by atoms with Gasteiger partial charge in [0.25, 0.3) is 0 Å². The van der Waals surface area contributed by atoms with Gasteiger partial charge in [-0.1, -0.05) is 35.9 Å². The average molecular weight is 460 g/mol. The van der Waals surface area contributed by atoms with Gasteiger partial charge in [-0.15, -0.1) is 0 Å². The number of ether oxygens (including phenoxy) is 1. The number of oxazole rings is 1. The Morgan fingerprint density at radius 3 is 2.50 bits per heavy atom. The van der Waals surface area contributed by atoms with E-state index in [0.717, 1.165) is 25.1 Å². The van der Waals surface area contributed by atoms with E-state index in [1.54, 1.807) is 24.3 Å². The third-order valence-corrected chi connectivity index (χ3v) is 4.99. The van der Waals surface area contributed by atoms with Crippen LogP contribution in [0.5, 0.6) is 5.75 Å². The predicted molar refractivity (Wildman–Crippen MR) is 109 cm³/mol. The Kier molecular flexibility index (Phi) is 5.23. The fourth-order valence-corrected chi connectivity index (χ4v) is 3.22. The fourth-order valence-electron chi connectivity index (χ4n) is 3.06. The molecule has 1 atom stereocenters. The molecule has 162 valence electrons. The van der Waals surface area contributed by atoms with Crippen LogP contribution < -0.4 is 4.74 Å². The topological polar surface area (TPSA) is 72.6 Å². The van der Waals surface area contributed by atoms with Crippen molar-refractivity contribution >= 4 is 28.7 Å². The van der Waals surface area contributed by atoms with Crippen LogP contribution in [0.3, 0.4) is 0 Å². The monoisotopic (exact) mass is 459 g/mol. The maximum atomic E-state index is 13.2. The Hall–Kier alpha value is -3.70. The molecule has 4 rings (SSSR count). The molecule has 32 heavy (non-hydrogen) atoms. The zero-order chi connectivity index (χ0) is 23.1. The van der Waals surface area contributed by atoms with Gasteiger partial charge in [0.2, 0.25) is 11.5 Å². The van der Waals surface area contributed by atoms with E-state index >= 15 is 0 Å². The summed E-state index contributed by atoms with van der Waals surface area (Å²) in [7, 11) is 0. The van der Waals surface area contributed by atoms with Gasteiger partial charge in [0.15, 0.2) is 11.3 Å². The van der Waals surface area contributed by atoms with Crippen LogP contribution in [0.2, 0.25) is 5.02 Å². The summed E-state index contributed by atoms with van der Waals surface area (Å²) < 4.78 is 51.0. The van der Waals surface area contributed by atoms with E-state index in [1.165, 1.54) is 12.1 Å². The Labute approximate surface area is 185 Å². The molecule has 0 aliphatic rings. The summed E-state index contributed by atoms with van der Waals surface area (Å²) in [5, 5.41) is 10.0. The lowest BCUT2D eigenvalue weighted by Crippen LogP contribution is -2.39. The Balaban J connectivity index is 1.82. The van der Waals surface area contributed by atoms with Gasteiger partial charge < -0.3 is 14.3 Å². The molecule has 0 bridgehead atoms. The van der Waals surface area contributed by atoms with Crippen LogP contribution in [0, 0.1) is 12.1 Å². The number of fused-ring (bicyclic) bond motifs is 1. The molecule has 4 aromatic rings. The van der Waals surface area contributed by atoms with E-state index in [2.05, 4.69) is 17.1 Å². The van der Waals surface area contributed by atoms with Gasteiger partial charge in [-0.3, -0.25) is 0 Å². The van der Waals surface area contributed by atoms with Gasteiger partial charge in [-0.05, 0) is 49.4 Å². The summed E-state index contributed by atoms with van der Waals surface area (Å²) in [6.45, 7) is 1.14. The molecule has 0 aliphatic heterocycles. The van der Waals surface area contributed by atoms with Gasteiger partial charge >= 0.3 is 12.1 Å². The van der Waals surface area contributed by atoms with E-state index < -0.39 is 23.3 Å². The second kappa shape index (κ2) is 7.77. The van der Waals surface area contributed by atoms with Crippen molar-refractivity contribution in [3.05, 3.63) is 82.9 Å². The number of hydrogen-bond acceptors (Lipinski definition) is 4. The molecule has 5 nitrogen and oxygen atoms in total. The molecule has 0 saturated heterocycles. The van der Waals surface area contributed by atoms with Gasteiger partial charge in [0, 0.05) is 5.56 Å². The van der Waals surface area contributed by atoms with Crippen LogP contribution in [0.15, 0.2) is 59.0 Å². The highest BCUT2D eigenvalue weighted by atomic mass is 35.5. The molecular formula is C23H13ClF3NO4. The third-order valence-electron chi connectivity index (χ3n) is 4.79. The number of carboxylic acids is 1. The fraction of sp³-hybridized carbons (Fsp3) is 0.130. The Morgan fingerprint density at radius 2 is 1.81 bits per heavy atom. The number of para-hydroxylation sites is 2. The predicted octanol–water partition coefficient (Wildman–Crippen LogP) is 6.15. The third kappa shape index (κ3) is 3.95. The summed E-state index contributed by atoms with van der Waals surface area (Å²) in [6, 6.07) is 17.4.